The zero-order valence-corrected chi connectivity index (χ0v) is 14.4. The van der Waals surface area contributed by atoms with Crippen LogP contribution in [0.15, 0.2) is 18.5 Å². The number of fused-ring (bicyclic) bond motifs is 2. The number of hydrogen-bond donors (Lipinski definition) is 3. The highest BCUT2D eigenvalue weighted by Gasteiger charge is 2.79. The van der Waals surface area contributed by atoms with Crippen LogP contribution in [0, 0.1) is 5.92 Å². The zero-order chi connectivity index (χ0) is 18.8. The van der Waals surface area contributed by atoms with E-state index in [9.17, 15) is 15.0 Å². The molecule has 0 amide bonds. The number of nitrogen functional groups attached to an aromatic ring is 1. The summed E-state index contributed by atoms with van der Waals surface area (Å²) < 4.78 is 17.5. The Hall–Kier alpha value is -2.43. The van der Waals surface area contributed by atoms with E-state index in [0.717, 1.165) is 19.3 Å². The van der Waals surface area contributed by atoms with Gasteiger partial charge >= 0.3 is 6.16 Å². The minimum absolute atomic E-state index is 0.294. The van der Waals surface area contributed by atoms with Crippen LogP contribution in [-0.4, -0.2) is 61.5 Å². The van der Waals surface area contributed by atoms with Crippen molar-refractivity contribution in [2.75, 3.05) is 12.3 Å². The first-order chi connectivity index (χ1) is 13.0. The van der Waals surface area contributed by atoms with E-state index in [2.05, 4.69) is 10.1 Å². The van der Waals surface area contributed by atoms with E-state index in [1.807, 2.05) is 0 Å². The van der Waals surface area contributed by atoms with Crippen LogP contribution in [0.4, 0.5) is 10.6 Å². The summed E-state index contributed by atoms with van der Waals surface area (Å²) in [4.78, 5) is 15.7. The fraction of sp³-hybridized carbons (Fsp3) is 0.588. The Balaban J connectivity index is 1.27. The molecule has 3 heterocycles. The third kappa shape index (κ3) is 2.40. The van der Waals surface area contributed by atoms with Crippen molar-refractivity contribution < 1.29 is 29.2 Å². The number of anilines is 1. The van der Waals surface area contributed by atoms with E-state index < -0.39 is 36.2 Å². The molecule has 1 unspecified atom stereocenters. The van der Waals surface area contributed by atoms with Crippen molar-refractivity contribution in [1.29, 1.82) is 0 Å². The summed E-state index contributed by atoms with van der Waals surface area (Å²) in [5.74, 6) is 0.686. The van der Waals surface area contributed by atoms with Crippen LogP contribution in [-0.2, 0) is 14.2 Å². The van der Waals surface area contributed by atoms with Crippen molar-refractivity contribution >= 4 is 17.5 Å². The summed E-state index contributed by atoms with van der Waals surface area (Å²) >= 11 is 0. The van der Waals surface area contributed by atoms with Gasteiger partial charge in [-0.3, -0.25) is 0 Å². The first-order valence-corrected chi connectivity index (χ1v) is 8.97. The van der Waals surface area contributed by atoms with Gasteiger partial charge in [-0.25, -0.2) is 14.3 Å². The van der Waals surface area contributed by atoms with Crippen LogP contribution in [0.25, 0.3) is 5.52 Å². The standard InChI is InChI=1S/C17H20N4O6/c18-15-10-5-4-9(21(10)20-7-19-15)11-12(22)17(24)13(26-11)14(17)27-16(23)25-6-8-2-1-3-8/h4-5,7-8,11-14,22,24H,1-3,6H2,(H2,18,19,20)/t11-,12-,13+,14?,17-/m0/s1. The second kappa shape index (κ2) is 5.78. The van der Waals surface area contributed by atoms with Gasteiger partial charge in [-0.15, -0.1) is 0 Å². The molecule has 0 bridgehead atoms. The van der Waals surface area contributed by atoms with E-state index in [0.29, 0.717) is 29.6 Å². The summed E-state index contributed by atoms with van der Waals surface area (Å²) in [5, 5.41) is 25.4. The molecule has 0 spiro atoms. The summed E-state index contributed by atoms with van der Waals surface area (Å²) in [7, 11) is 0. The van der Waals surface area contributed by atoms with Crippen LogP contribution >= 0.6 is 0 Å². The van der Waals surface area contributed by atoms with Crippen LogP contribution in [0.2, 0.25) is 0 Å². The molecule has 0 radical (unpaired) electrons. The second-order valence-corrected chi connectivity index (χ2v) is 7.41. The first-order valence-electron chi connectivity index (χ1n) is 8.97. The molecule has 2 aliphatic carbocycles. The van der Waals surface area contributed by atoms with E-state index >= 15 is 0 Å². The van der Waals surface area contributed by atoms with Gasteiger partial charge in [0, 0.05) is 0 Å². The lowest BCUT2D eigenvalue weighted by atomic mass is 9.86. The number of nitrogens with two attached hydrogens (primary N) is 1. The highest BCUT2D eigenvalue weighted by atomic mass is 16.7. The molecule has 27 heavy (non-hydrogen) atoms. The Morgan fingerprint density at radius 2 is 2.26 bits per heavy atom. The molecule has 4 N–H and O–H groups in total. The molecule has 2 aromatic rings. The summed E-state index contributed by atoms with van der Waals surface area (Å²) in [5.41, 5.74) is 5.24. The van der Waals surface area contributed by atoms with Crippen LogP contribution < -0.4 is 5.73 Å². The Kier molecular flexibility index (Phi) is 3.58. The van der Waals surface area contributed by atoms with E-state index in [1.54, 1.807) is 12.1 Å². The molecular formula is C17H20N4O6. The Morgan fingerprint density at radius 1 is 1.44 bits per heavy atom. The normalized spacial score (nSPS) is 34.9. The lowest BCUT2D eigenvalue weighted by Crippen LogP contribution is -2.36. The molecule has 2 saturated carbocycles. The number of ether oxygens (including phenoxy) is 3. The highest BCUT2D eigenvalue weighted by molar-refractivity contribution is 5.65. The zero-order valence-electron chi connectivity index (χ0n) is 14.4. The number of aromatic nitrogens is 3. The van der Waals surface area contributed by atoms with Gasteiger partial charge in [0.2, 0.25) is 0 Å². The third-order valence-electron chi connectivity index (χ3n) is 5.82. The van der Waals surface area contributed by atoms with Gasteiger partial charge in [0.25, 0.3) is 0 Å². The predicted octanol–water partition coefficient (Wildman–Crippen LogP) is 0.179. The van der Waals surface area contributed by atoms with E-state index in [4.69, 9.17) is 19.9 Å². The maximum absolute atomic E-state index is 11.8. The molecule has 2 aromatic heterocycles. The van der Waals surface area contributed by atoms with Gasteiger partial charge in [0.1, 0.15) is 30.2 Å². The number of rotatable bonds is 4. The highest BCUT2D eigenvalue weighted by Crippen LogP contribution is 2.56. The van der Waals surface area contributed by atoms with Crippen molar-refractivity contribution in [1.82, 2.24) is 14.6 Å². The van der Waals surface area contributed by atoms with Crippen LogP contribution in [0.3, 0.4) is 0 Å². The largest absolute Gasteiger partial charge is 0.508 e. The van der Waals surface area contributed by atoms with E-state index in [1.165, 1.54) is 10.8 Å². The number of carbonyl (C=O) groups excluding carboxylic acids is 1. The van der Waals surface area contributed by atoms with Gasteiger partial charge in [-0.05, 0) is 30.9 Å². The molecule has 1 aliphatic heterocycles. The molecule has 144 valence electrons. The maximum atomic E-state index is 11.8. The lowest BCUT2D eigenvalue weighted by molar-refractivity contribution is -0.0818. The van der Waals surface area contributed by atoms with Crippen molar-refractivity contribution in [3.63, 3.8) is 0 Å². The Morgan fingerprint density at radius 3 is 2.93 bits per heavy atom. The smallest absolute Gasteiger partial charge is 0.434 e. The average Bonchev–Trinajstić information content (AvgIpc) is 2.91. The molecule has 10 nitrogen and oxygen atoms in total. The fourth-order valence-corrected chi connectivity index (χ4v) is 3.88. The number of hydrogen-bond acceptors (Lipinski definition) is 9. The minimum Gasteiger partial charge on any atom is -0.434 e. The third-order valence-corrected chi connectivity index (χ3v) is 5.82. The van der Waals surface area contributed by atoms with Gasteiger partial charge in [0.15, 0.2) is 17.5 Å². The number of carbonyl (C=O) groups is 1. The molecule has 3 aliphatic rings. The Bertz CT molecular complexity index is 899. The molecule has 1 saturated heterocycles. The minimum atomic E-state index is -1.66. The molecule has 0 aromatic carbocycles. The molecule has 5 atom stereocenters. The summed E-state index contributed by atoms with van der Waals surface area (Å²) in [6.07, 6.45) is -0.202. The number of aliphatic hydroxyl groups is 2. The SMILES string of the molecule is Nc1ncnn2c([C@@H]3O[C@@H]4C(OC(=O)OCC5CCC5)[C@]4(O)[C@H]3O)ccc12. The van der Waals surface area contributed by atoms with Crippen molar-refractivity contribution in [2.45, 2.75) is 49.3 Å². The topological polar surface area (TPSA) is 141 Å². The Labute approximate surface area is 153 Å². The van der Waals surface area contributed by atoms with Gasteiger partial charge in [-0.1, -0.05) is 6.42 Å². The lowest BCUT2D eigenvalue weighted by Gasteiger charge is -2.25. The molecule has 10 heteroatoms. The fourth-order valence-electron chi connectivity index (χ4n) is 3.88. The summed E-state index contributed by atoms with van der Waals surface area (Å²) in [6.45, 7) is 0.317. The number of nitrogens with zero attached hydrogens (tertiary/aromatic N) is 3. The van der Waals surface area contributed by atoms with Gasteiger partial charge in [0.05, 0.1) is 12.3 Å². The van der Waals surface area contributed by atoms with E-state index in [-0.39, 0.29) is 0 Å². The van der Waals surface area contributed by atoms with Crippen molar-refractivity contribution in [3.05, 3.63) is 24.2 Å². The molecule has 5 rings (SSSR count). The maximum Gasteiger partial charge on any atom is 0.508 e. The second-order valence-electron chi connectivity index (χ2n) is 7.41. The van der Waals surface area contributed by atoms with Gasteiger partial charge < -0.3 is 30.2 Å². The molecular weight excluding hydrogens is 356 g/mol. The van der Waals surface area contributed by atoms with Crippen molar-refractivity contribution in [2.24, 2.45) is 5.92 Å². The number of aliphatic hydroxyl groups excluding tert-OH is 1. The predicted molar refractivity (Wildman–Crippen MR) is 89.5 cm³/mol. The molecule has 3 fully saturated rings. The van der Waals surface area contributed by atoms with Crippen molar-refractivity contribution in [3.8, 4) is 0 Å². The summed E-state index contributed by atoms with van der Waals surface area (Å²) in [6, 6.07) is 3.41. The average molecular weight is 376 g/mol. The van der Waals surface area contributed by atoms with Crippen LogP contribution in [0.1, 0.15) is 31.1 Å². The monoisotopic (exact) mass is 376 g/mol. The van der Waals surface area contributed by atoms with Gasteiger partial charge in [-0.2, -0.15) is 5.10 Å². The first kappa shape index (κ1) is 16.7. The van der Waals surface area contributed by atoms with Crippen LogP contribution in [0.5, 0.6) is 0 Å². The quantitative estimate of drug-likeness (QED) is 0.637.